The number of ketones is 1. The van der Waals surface area contributed by atoms with Crippen molar-refractivity contribution in [2.24, 2.45) is 0 Å². The summed E-state index contributed by atoms with van der Waals surface area (Å²) in [5.41, 5.74) is 3.27. The Morgan fingerprint density at radius 1 is 1.17 bits per heavy atom. The topological polar surface area (TPSA) is 55.4 Å². The van der Waals surface area contributed by atoms with Crippen LogP contribution in [0.2, 0.25) is 0 Å². The van der Waals surface area contributed by atoms with Crippen LogP contribution in [0.1, 0.15) is 32.3 Å². The van der Waals surface area contributed by atoms with Gasteiger partial charge in [0.15, 0.2) is 12.4 Å². The molecule has 2 rings (SSSR count). The molecule has 1 N–H and O–H groups in total. The lowest BCUT2D eigenvalue weighted by Gasteiger charge is -2.30. The van der Waals surface area contributed by atoms with Crippen LogP contribution in [0.3, 0.4) is 0 Å². The minimum absolute atomic E-state index is 0.0846. The predicted octanol–water partition coefficient (Wildman–Crippen LogP) is 2.69. The molecule has 1 atom stereocenters. The van der Waals surface area contributed by atoms with Gasteiger partial charge in [-0.2, -0.15) is 0 Å². The van der Waals surface area contributed by atoms with Crippen molar-refractivity contribution >= 4 is 11.8 Å². The molecule has 1 aromatic carbocycles. The summed E-state index contributed by atoms with van der Waals surface area (Å²) >= 11 is 0. The highest BCUT2D eigenvalue weighted by Crippen LogP contribution is 2.38. The van der Waals surface area contributed by atoms with Crippen LogP contribution in [0.15, 0.2) is 52.9 Å². The van der Waals surface area contributed by atoms with E-state index in [2.05, 4.69) is 11.2 Å². The smallest absolute Gasteiger partial charge is 0.337 e. The van der Waals surface area contributed by atoms with Gasteiger partial charge in [0.25, 0.3) is 0 Å². The maximum absolute atomic E-state index is 12.5. The van der Waals surface area contributed by atoms with Crippen LogP contribution >= 0.6 is 0 Å². The lowest BCUT2D eigenvalue weighted by atomic mass is 9.79. The van der Waals surface area contributed by atoms with Crippen LogP contribution in [0.5, 0.6) is 0 Å². The number of hydrogen-bond acceptors (Lipinski definition) is 4. The molecule has 0 saturated carbocycles. The van der Waals surface area contributed by atoms with Gasteiger partial charge in [-0.15, -0.1) is 6.42 Å². The summed E-state index contributed by atoms with van der Waals surface area (Å²) in [6.07, 6.45) is 5.16. The Bertz CT molecular complexity index is 736. The van der Waals surface area contributed by atoms with Crippen molar-refractivity contribution < 1.29 is 14.3 Å². The minimum Gasteiger partial charge on any atom is -0.449 e. The van der Waals surface area contributed by atoms with Gasteiger partial charge >= 0.3 is 5.97 Å². The Morgan fingerprint density at radius 2 is 1.78 bits per heavy atom. The fraction of sp³-hybridized carbons (Fsp3) is 0.263. The Kier molecular flexibility index (Phi) is 5.02. The van der Waals surface area contributed by atoms with Crippen LogP contribution in [0.25, 0.3) is 0 Å². The third-order valence-electron chi connectivity index (χ3n) is 3.78. The van der Waals surface area contributed by atoms with E-state index in [-0.39, 0.29) is 12.4 Å². The van der Waals surface area contributed by atoms with Crippen LogP contribution in [0, 0.1) is 12.3 Å². The summed E-state index contributed by atoms with van der Waals surface area (Å²) in [7, 11) is 0. The molecule has 0 fully saturated rings. The lowest BCUT2D eigenvalue weighted by Crippen LogP contribution is -2.31. The van der Waals surface area contributed by atoms with E-state index < -0.39 is 11.9 Å². The monoisotopic (exact) mass is 309 g/mol. The van der Waals surface area contributed by atoms with Crippen molar-refractivity contribution in [3.8, 4) is 12.3 Å². The van der Waals surface area contributed by atoms with Gasteiger partial charge < -0.3 is 10.1 Å². The second-order valence-electron chi connectivity index (χ2n) is 5.38. The van der Waals surface area contributed by atoms with E-state index in [0.29, 0.717) is 16.8 Å². The number of allylic oxidation sites excluding steroid dienone is 3. The molecule has 0 bridgehead atoms. The number of Topliss-reactive ketones (excluding diaryl/α,β-unsaturated/α-hetero) is 1. The molecular weight excluding hydrogens is 290 g/mol. The molecule has 1 aromatic rings. The summed E-state index contributed by atoms with van der Waals surface area (Å²) in [4.78, 5) is 24.7. The van der Waals surface area contributed by atoms with Gasteiger partial charge in [0.2, 0.25) is 0 Å². The van der Waals surface area contributed by atoms with Crippen molar-refractivity contribution in [1.29, 1.82) is 0 Å². The Morgan fingerprint density at radius 3 is 2.35 bits per heavy atom. The molecule has 0 spiro atoms. The average Bonchev–Trinajstić information content (AvgIpc) is 2.52. The van der Waals surface area contributed by atoms with Crippen molar-refractivity contribution in [2.45, 2.75) is 26.7 Å². The number of rotatable bonds is 4. The van der Waals surface area contributed by atoms with Crippen LogP contribution in [-0.4, -0.2) is 18.4 Å². The quantitative estimate of drug-likeness (QED) is 0.686. The Hall–Kier alpha value is -2.80. The average molecular weight is 309 g/mol. The number of terminal acetylenes is 1. The first-order valence-corrected chi connectivity index (χ1v) is 7.32. The molecule has 0 aromatic heterocycles. The molecule has 0 amide bonds. The number of dihydropyridines is 1. The number of hydrogen-bond donors (Lipinski definition) is 1. The second-order valence-corrected chi connectivity index (χ2v) is 5.38. The summed E-state index contributed by atoms with van der Waals surface area (Å²) < 4.78 is 5.11. The minimum atomic E-state index is -0.506. The maximum Gasteiger partial charge on any atom is 0.337 e. The molecule has 0 aliphatic carbocycles. The van der Waals surface area contributed by atoms with Crippen molar-refractivity contribution in [1.82, 2.24) is 5.32 Å². The van der Waals surface area contributed by atoms with Crippen LogP contribution in [-0.2, 0) is 14.3 Å². The standard InChI is InChI=1S/C19H19NO3/c1-5-11-23-19(22)17-13(3)20-12(2)16(14(4)21)18(17)15-9-7-6-8-10-15/h1,6-10,18,20H,11H2,2-4H3. The third kappa shape index (κ3) is 3.35. The molecule has 1 unspecified atom stereocenters. The number of esters is 1. The molecule has 118 valence electrons. The number of carbonyl (C=O) groups excluding carboxylic acids is 2. The number of carbonyl (C=O) groups is 2. The number of benzene rings is 1. The lowest BCUT2D eigenvalue weighted by molar-refractivity contribution is -0.138. The molecule has 0 radical (unpaired) electrons. The van der Waals surface area contributed by atoms with Crippen molar-refractivity contribution in [2.75, 3.05) is 6.61 Å². The molecule has 1 aliphatic rings. The molecule has 4 heteroatoms. The van der Waals surface area contributed by atoms with Gasteiger partial charge in [-0.3, -0.25) is 4.79 Å². The van der Waals surface area contributed by atoms with Crippen LogP contribution < -0.4 is 5.32 Å². The highest BCUT2D eigenvalue weighted by molar-refractivity contribution is 6.02. The number of nitrogens with one attached hydrogen (secondary N) is 1. The van der Waals surface area contributed by atoms with E-state index >= 15 is 0 Å². The molecular formula is C19H19NO3. The van der Waals surface area contributed by atoms with E-state index in [4.69, 9.17) is 11.2 Å². The van der Waals surface area contributed by atoms with Crippen LogP contribution in [0.4, 0.5) is 0 Å². The predicted molar refractivity (Wildman–Crippen MR) is 88.2 cm³/mol. The largest absolute Gasteiger partial charge is 0.449 e. The zero-order chi connectivity index (χ0) is 17.0. The van der Waals surface area contributed by atoms with E-state index in [9.17, 15) is 9.59 Å². The molecule has 1 aliphatic heterocycles. The number of ether oxygens (including phenoxy) is 1. The van der Waals surface area contributed by atoms with E-state index in [1.807, 2.05) is 37.3 Å². The highest BCUT2D eigenvalue weighted by Gasteiger charge is 2.35. The SMILES string of the molecule is C#CCOC(=O)C1=C(C)NC(C)=C(C(C)=O)C1c1ccccc1. The second kappa shape index (κ2) is 6.97. The molecule has 4 nitrogen and oxygen atoms in total. The van der Waals surface area contributed by atoms with Gasteiger partial charge in [0, 0.05) is 22.9 Å². The highest BCUT2D eigenvalue weighted by atomic mass is 16.5. The zero-order valence-electron chi connectivity index (χ0n) is 13.5. The maximum atomic E-state index is 12.5. The van der Waals surface area contributed by atoms with Gasteiger partial charge in [-0.1, -0.05) is 36.3 Å². The summed E-state index contributed by atoms with van der Waals surface area (Å²) in [5.74, 6) is 1.24. The van der Waals surface area contributed by atoms with E-state index in [1.165, 1.54) is 6.92 Å². The first-order valence-electron chi connectivity index (χ1n) is 7.32. The third-order valence-corrected chi connectivity index (χ3v) is 3.78. The van der Waals surface area contributed by atoms with E-state index in [0.717, 1.165) is 11.3 Å². The molecule has 1 heterocycles. The Balaban J connectivity index is 2.58. The molecule has 0 saturated heterocycles. The Labute approximate surface area is 136 Å². The normalized spacial score (nSPS) is 17.4. The summed E-state index contributed by atoms with van der Waals surface area (Å²) in [6, 6.07) is 9.44. The van der Waals surface area contributed by atoms with Gasteiger partial charge in [0.1, 0.15) is 0 Å². The van der Waals surface area contributed by atoms with Crippen molar-refractivity contribution in [3.05, 3.63) is 58.4 Å². The first kappa shape index (κ1) is 16.6. The van der Waals surface area contributed by atoms with Crippen molar-refractivity contribution in [3.63, 3.8) is 0 Å². The summed E-state index contributed by atoms with van der Waals surface area (Å²) in [6.45, 7) is 5.03. The fourth-order valence-corrected chi connectivity index (χ4v) is 2.90. The zero-order valence-corrected chi connectivity index (χ0v) is 13.5. The summed E-state index contributed by atoms with van der Waals surface area (Å²) in [5, 5.41) is 3.10. The first-order chi connectivity index (χ1) is 11.0. The van der Waals surface area contributed by atoms with Gasteiger partial charge in [0.05, 0.1) is 5.57 Å². The van der Waals surface area contributed by atoms with E-state index in [1.54, 1.807) is 6.92 Å². The fourth-order valence-electron chi connectivity index (χ4n) is 2.90. The van der Waals surface area contributed by atoms with Gasteiger partial charge in [-0.25, -0.2) is 4.79 Å². The molecule has 23 heavy (non-hydrogen) atoms. The van der Waals surface area contributed by atoms with Gasteiger partial charge in [-0.05, 0) is 26.3 Å².